The van der Waals surface area contributed by atoms with Gasteiger partial charge in [-0.05, 0) is 33.6 Å². The molecule has 2 aromatic rings. The summed E-state index contributed by atoms with van der Waals surface area (Å²) in [5, 5.41) is 7.49. The van der Waals surface area contributed by atoms with Gasteiger partial charge in [-0.25, -0.2) is 0 Å². The molecule has 0 spiro atoms. The van der Waals surface area contributed by atoms with Crippen LogP contribution >= 0.6 is 0 Å². The molecule has 1 unspecified atom stereocenters. The summed E-state index contributed by atoms with van der Waals surface area (Å²) in [6, 6.07) is 9.94. The Hall–Kier alpha value is -2.14. The molecular weight excluding hydrogens is 302 g/mol. The van der Waals surface area contributed by atoms with Crippen molar-refractivity contribution in [2.45, 2.75) is 45.3 Å². The van der Waals surface area contributed by atoms with E-state index in [4.69, 9.17) is 4.74 Å². The van der Waals surface area contributed by atoms with Gasteiger partial charge in [-0.15, -0.1) is 0 Å². The van der Waals surface area contributed by atoms with Crippen LogP contribution < -0.4 is 5.32 Å². The van der Waals surface area contributed by atoms with E-state index in [0.717, 1.165) is 30.7 Å². The van der Waals surface area contributed by atoms with Crippen LogP contribution in [0.2, 0.25) is 0 Å². The SMILES string of the molecule is CC(C)(C)n1ncc(C(=O)NCC2CCCO2)c1-c1ccccc1. The van der Waals surface area contributed by atoms with Crippen LogP contribution in [0.15, 0.2) is 36.5 Å². The molecule has 0 bridgehead atoms. The first-order chi connectivity index (χ1) is 11.5. The highest BCUT2D eigenvalue weighted by Crippen LogP contribution is 2.28. The monoisotopic (exact) mass is 327 g/mol. The van der Waals surface area contributed by atoms with Gasteiger partial charge in [0.1, 0.15) is 0 Å². The summed E-state index contributed by atoms with van der Waals surface area (Å²) in [6.45, 7) is 7.59. The van der Waals surface area contributed by atoms with Crippen molar-refractivity contribution >= 4 is 5.91 Å². The molecule has 128 valence electrons. The second-order valence-corrected chi connectivity index (χ2v) is 7.20. The van der Waals surface area contributed by atoms with E-state index in [1.165, 1.54) is 0 Å². The van der Waals surface area contributed by atoms with Crippen molar-refractivity contribution in [3.63, 3.8) is 0 Å². The number of nitrogens with one attached hydrogen (secondary N) is 1. The van der Waals surface area contributed by atoms with Gasteiger partial charge in [0.2, 0.25) is 0 Å². The van der Waals surface area contributed by atoms with E-state index in [1.54, 1.807) is 6.20 Å². The number of ether oxygens (including phenoxy) is 1. The predicted molar refractivity (Wildman–Crippen MR) is 94.0 cm³/mol. The largest absolute Gasteiger partial charge is 0.376 e. The molecule has 1 aliphatic rings. The second-order valence-electron chi connectivity index (χ2n) is 7.20. The molecule has 2 heterocycles. The molecule has 1 atom stereocenters. The van der Waals surface area contributed by atoms with Gasteiger partial charge >= 0.3 is 0 Å². The van der Waals surface area contributed by atoms with Crippen LogP contribution in [-0.2, 0) is 10.3 Å². The summed E-state index contributed by atoms with van der Waals surface area (Å²) in [5.41, 5.74) is 2.24. The molecule has 0 aliphatic carbocycles. The minimum atomic E-state index is -0.210. The van der Waals surface area contributed by atoms with Gasteiger partial charge in [0.25, 0.3) is 5.91 Å². The van der Waals surface area contributed by atoms with Gasteiger partial charge in [-0.3, -0.25) is 9.48 Å². The van der Waals surface area contributed by atoms with E-state index in [-0.39, 0.29) is 17.6 Å². The molecule has 0 radical (unpaired) electrons. The molecular formula is C19H25N3O2. The molecule has 5 heteroatoms. The average molecular weight is 327 g/mol. The fourth-order valence-corrected chi connectivity index (χ4v) is 3.00. The molecule has 1 fully saturated rings. The summed E-state index contributed by atoms with van der Waals surface area (Å²) in [6.07, 6.45) is 3.87. The second kappa shape index (κ2) is 6.77. The van der Waals surface area contributed by atoms with E-state index < -0.39 is 0 Å². The molecule has 1 amide bonds. The van der Waals surface area contributed by atoms with Crippen molar-refractivity contribution in [1.82, 2.24) is 15.1 Å². The van der Waals surface area contributed by atoms with Gasteiger partial charge in [0.05, 0.1) is 29.1 Å². The zero-order valence-corrected chi connectivity index (χ0v) is 14.6. The quantitative estimate of drug-likeness (QED) is 0.938. The first-order valence-electron chi connectivity index (χ1n) is 8.50. The third-order valence-corrected chi connectivity index (χ3v) is 4.21. The third kappa shape index (κ3) is 3.51. The zero-order chi connectivity index (χ0) is 17.2. The summed E-state index contributed by atoms with van der Waals surface area (Å²) in [5.74, 6) is -0.0974. The van der Waals surface area contributed by atoms with E-state index >= 15 is 0 Å². The summed E-state index contributed by atoms with van der Waals surface area (Å²) >= 11 is 0. The Bertz CT molecular complexity index is 695. The Labute approximate surface area is 143 Å². The molecule has 0 saturated carbocycles. The number of carbonyl (C=O) groups excluding carboxylic acids is 1. The molecule has 1 aromatic heterocycles. The fourth-order valence-electron chi connectivity index (χ4n) is 3.00. The van der Waals surface area contributed by atoms with Crippen molar-refractivity contribution in [3.8, 4) is 11.3 Å². The van der Waals surface area contributed by atoms with Crippen molar-refractivity contribution in [2.24, 2.45) is 0 Å². The van der Waals surface area contributed by atoms with Crippen molar-refractivity contribution in [3.05, 3.63) is 42.1 Å². The standard InChI is InChI=1S/C19H25N3O2/c1-19(2,3)22-17(14-8-5-4-6-9-14)16(13-21-22)18(23)20-12-15-10-7-11-24-15/h4-6,8-9,13,15H,7,10-12H2,1-3H3,(H,20,23). The number of hydrogen-bond donors (Lipinski definition) is 1. The highest BCUT2D eigenvalue weighted by atomic mass is 16.5. The first-order valence-corrected chi connectivity index (χ1v) is 8.50. The van der Waals surface area contributed by atoms with Crippen LogP contribution in [0.5, 0.6) is 0 Å². The molecule has 1 aliphatic heterocycles. The highest BCUT2D eigenvalue weighted by Gasteiger charge is 2.26. The number of benzene rings is 1. The fraction of sp³-hybridized carbons (Fsp3) is 0.474. The summed E-state index contributed by atoms with van der Waals surface area (Å²) in [4.78, 5) is 12.7. The van der Waals surface area contributed by atoms with Crippen molar-refractivity contribution in [2.75, 3.05) is 13.2 Å². The van der Waals surface area contributed by atoms with Crippen molar-refractivity contribution in [1.29, 1.82) is 0 Å². The lowest BCUT2D eigenvalue weighted by atomic mass is 10.0. The highest BCUT2D eigenvalue weighted by molar-refractivity contribution is 6.00. The van der Waals surface area contributed by atoms with Gasteiger partial charge in [0.15, 0.2) is 0 Å². The summed E-state index contributed by atoms with van der Waals surface area (Å²) in [7, 11) is 0. The number of aromatic nitrogens is 2. The number of nitrogens with zero attached hydrogens (tertiary/aromatic N) is 2. The average Bonchev–Trinajstić information content (AvgIpc) is 3.22. The van der Waals surface area contributed by atoms with Crippen LogP contribution in [0.1, 0.15) is 44.0 Å². The topological polar surface area (TPSA) is 56.2 Å². The summed E-state index contributed by atoms with van der Waals surface area (Å²) < 4.78 is 7.50. The van der Waals surface area contributed by atoms with E-state index in [1.807, 2.05) is 35.0 Å². The zero-order valence-electron chi connectivity index (χ0n) is 14.6. The molecule has 5 nitrogen and oxygen atoms in total. The lowest BCUT2D eigenvalue weighted by Gasteiger charge is -2.23. The van der Waals surface area contributed by atoms with Crippen LogP contribution in [-0.4, -0.2) is 34.9 Å². The number of hydrogen-bond acceptors (Lipinski definition) is 3. The first kappa shape index (κ1) is 16.7. The molecule has 1 aromatic carbocycles. The van der Waals surface area contributed by atoms with Crippen LogP contribution in [0, 0.1) is 0 Å². The van der Waals surface area contributed by atoms with Gasteiger partial charge in [-0.2, -0.15) is 5.10 Å². The Balaban J connectivity index is 1.89. The Kier molecular flexibility index (Phi) is 4.71. The Morgan fingerprint density at radius 3 is 2.71 bits per heavy atom. The third-order valence-electron chi connectivity index (χ3n) is 4.21. The lowest BCUT2D eigenvalue weighted by molar-refractivity contribution is 0.0858. The van der Waals surface area contributed by atoms with Gasteiger partial charge in [0, 0.05) is 18.7 Å². The van der Waals surface area contributed by atoms with E-state index in [2.05, 4.69) is 31.2 Å². The minimum Gasteiger partial charge on any atom is -0.376 e. The maximum atomic E-state index is 12.7. The Morgan fingerprint density at radius 1 is 1.33 bits per heavy atom. The molecule has 24 heavy (non-hydrogen) atoms. The molecule has 1 N–H and O–H groups in total. The maximum Gasteiger partial charge on any atom is 0.255 e. The molecule has 1 saturated heterocycles. The van der Waals surface area contributed by atoms with E-state index in [9.17, 15) is 4.79 Å². The smallest absolute Gasteiger partial charge is 0.255 e. The van der Waals surface area contributed by atoms with Crippen LogP contribution in [0.4, 0.5) is 0 Å². The molecule has 3 rings (SSSR count). The Morgan fingerprint density at radius 2 is 2.08 bits per heavy atom. The predicted octanol–water partition coefficient (Wildman–Crippen LogP) is 3.21. The van der Waals surface area contributed by atoms with Crippen molar-refractivity contribution < 1.29 is 9.53 Å². The number of rotatable bonds is 4. The van der Waals surface area contributed by atoms with Crippen LogP contribution in [0.25, 0.3) is 11.3 Å². The van der Waals surface area contributed by atoms with E-state index in [0.29, 0.717) is 12.1 Å². The lowest BCUT2D eigenvalue weighted by Crippen LogP contribution is -2.32. The number of carbonyl (C=O) groups is 1. The normalized spacial score (nSPS) is 17.9. The number of amides is 1. The van der Waals surface area contributed by atoms with Crippen LogP contribution in [0.3, 0.4) is 0 Å². The van der Waals surface area contributed by atoms with Gasteiger partial charge < -0.3 is 10.1 Å². The minimum absolute atomic E-state index is 0.0974. The van der Waals surface area contributed by atoms with Gasteiger partial charge in [-0.1, -0.05) is 30.3 Å². The maximum absolute atomic E-state index is 12.7.